The van der Waals surface area contributed by atoms with Crippen molar-refractivity contribution in [2.24, 2.45) is 0 Å². The van der Waals surface area contributed by atoms with Crippen LogP contribution in [0.3, 0.4) is 0 Å². The maximum atomic E-state index is 13.9. The SMILES string of the molecule is Nc1ccc2c(c1)N(C(=O)c1cc(F)c(Cl)cc1F)CC2. The molecule has 1 aliphatic heterocycles. The molecule has 0 aromatic heterocycles. The Balaban J connectivity index is 2.02. The molecule has 108 valence electrons. The van der Waals surface area contributed by atoms with Crippen LogP contribution in [0.4, 0.5) is 20.2 Å². The monoisotopic (exact) mass is 308 g/mol. The van der Waals surface area contributed by atoms with E-state index in [1.807, 2.05) is 6.07 Å². The fourth-order valence-corrected chi connectivity index (χ4v) is 2.59. The molecule has 0 radical (unpaired) electrons. The number of fused-ring (bicyclic) bond motifs is 1. The van der Waals surface area contributed by atoms with Crippen molar-refractivity contribution in [3.63, 3.8) is 0 Å². The lowest BCUT2D eigenvalue weighted by Crippen LogP contribution is -2.29. The number of nitrogens with zero attached hydrogens (tertiary/aromatic N) is 1. The Morgan fingerprint density at radius 1 is 1.19 bits per heavy atom. The normalized spacial score (nSPS) is 13.4. The van der Waals surface area contributed by atoms with Crippen LogP contribution in [-0.4, -0.2) is 12.5 Å². The second kappa shape index (κ2) is 5.00. The highest BCUT2D eigenvalue weighted by Gasteiger charge is 2.28. The molecule has 2 aromatic rings. The summed E-state index contributed by atoms with van der Waals surface area (Å²) < 4.78 is 27.3. The number of nitrogen functional groups attached to an aromatic ring is 1. The number of carbonyl (C=O) groups excluding carboxylic acids is 1. The first-order chi connectivity index (χ1) is 9.97. The van der Waals surface area contributed by atoms with Gasteiger partial charge in [0.1, 0.15) is 11.6 Å². The molecule has 0 aliphatic carbocycles. The van der Waals surface area contributed by atoms with Crippen LogP contribution in [0, 0.1) is 11.6 Å². The summed E-state index contributed by atoms with van der Waals surface area (Å²) in [5.74, 6) is -2.27. The Kier molecular flexibility index (Phi) is 3.29. The Bertz CT molecular complexity index is 749. The Morgan fingerprint density at radius 2 is 1.95 bits per heavy atom. The van der Waals surface area contributed by atoms with Gasteiger partial charge in [-0.05, 0) is 36.2 Å². The highest BCUT2D eigenvalue weighted by Crippen LogP contribution is 2.32. The van der Waals surface area contributed by atoms with Crippen molar-refractivity contribution in [2.75, 3.05) is 17.2 Å². The van der Waals surface area contributed by atoms with Gasteiger partial charge in [0, 0.05) is 17.9 Å². The van der Waals surface area contributed by atoms with Gasteiger partial charge in [0.15, 0.2) is 0 Å². The van der Waals surface area contributed by atoms with E-state index < -0.39 is 17.5 Å². The number of nitrogens with two attached hydrogens (primary N) is 1. The molecule has 0 saturated heterocycles. The topological polar surface area (TPSA) is 46.3 Å². The largest absolute Gasteiger partial charge is 0.399 e. The summed E-state index contributed by atoms with van der Waals surface area (Å²) in [5, 5.41) is -0.352. The lowest BCUT2D eigenvalue weighted by Gasteiger charge is -2.18. The van der Waals surface area contributed by atoms with E-state index in [2.05, 4.69) is 0 Å². The minimum Gasteiger partial charge on any atom is -0.399 e. The fraction of sp³-hybridized carbons (Fsp3) is 0.133. The van der Waals surface area contributed by atoms with E-state index in [1.54, 1.807) is 12.1 Å². The summed E-state index contributed by atoms with van der Waals surface area (Å²) in [7, 11) is 0. The molecule has 0 unspecified atom stereocenters. The van der Waals surface area contributed by atoms with Crippen molar-refractivity contribution in [1.29, 1.82) is 0 Å². The van der Waals surface area contributed by atoms with Gasteiger partial charge in [-0.2, -0.15) is 0 Å². The van der Waals surface area contributed by atoms with E-state index >= 15 is 0 Å². The lowest BCUT2D eigenvalue weighted by atomic mass is 10.1. The molecule has 2 aromatic carbocycles. The van der Waals surface area contributed by atoms with Gasteiger partial charge in [0.05, 0.1) is 10.6 Å². The van der Waals surface area contributed by atoms with E-state index in [0.29, 0.717) is 24.3 Å². The Hall–Kier alpha value is -2.14. The number of amides is 1. The molecule has 2 N–H and O–H groups in total. The van der Waals surface area contributed by atoms with E-state index in [0.717, 1.165) is 17.7 Å². The third-order valence-electron chi connectivity index (χ3n) is 3.49. The molecule has 1 amide bonds. The first-order valence-corrected chi connectivity index (χ1v) is 6.70. The highest BCUT2D eigenvalue weighted by molar-refractivity contribution is 6.30. The number of halogens is 3. The van der Waals surface area contributed by atoms with Gasteiger partial charge in [-0.15, -0.1) is 0 Å². The van der Waals surface area contributed by atoms with Crippen LogP contribution >= 0.6 is 11.6 Å². The van der Waals surface area contributed by atoms with Crippen molar-refractivity contribution >= 4 is 28.9 Å². The lowest BCUT2D eigenvalue weighted by molar-refractivity contribution is 0.0985. The summed E-state index contributed by atoms with van der Waals surface area (Å²) in [6.07, 6.45) is 0.652. The van der Waals surface area contributed by atoms with Gasteiger partial charge in [-0.1, -0.05) is 17.7 Å². The van der Waals surface area contributed by atoms with Crippen molar-refractivity contribution < 1.29 is 13.6 Å². The molecule has 0 atom stereocenters. The van der Waals surface area contributed by atoms with Crippen LogP contribution in [-0.2, 0) is 6.42 Å². The second-order valence-corrected chi connectivity index (χ2v) is 5.25. The van der Waals surface area contributed by atoms with Crippen molar-refractivity contribution in [3.05, 3.63) is 58.1 Å². The highest BCUT2D eigenvalue weighted by atomic mass is 35.5. The Labute approximate surface area is 124 Å². The van der Waals surface area contributed by atoms with E-state index in [1.165, 1.54) is 4.90 Å². The molecule has 3 rings (SSSR count). The predicted octanol–water partition coefficient (Wildman–Crippen LogP) is 3.40. The average molecular weight is 309 g/mol. The minimum absolute atomic E-state index is 0.341. The summed E-state index contributed by atoms with van der Waals surface area (Å²) in [6, 6.07) is 6.86. The molecule has 0 spiro atoms. The molecule has 21 heavy (non-hydrogen) atoms. The van der Waals surface area contributed by atoms with Gasteiger partial charge < -0.3 is 10.6 Å². The van der Waals surface area contributed by atoms with Gasteiger partial charge in [0.2, 0.25) is 0 Å². The smallest absolute Gasteiger partial charge is 0.261 e. The quantitative estimate of drug-likeness (QED) is 0.648. The van der Waals surface area contributed by atoms with Crippen LogP contribution in [0.2, 0.25) is 5.02 Å². The van der Waals surface area contributed by atoms with E-state index in [9.17, 15) is 13.6 Å². The first kappa shape index (κ1) is 13.8. The zero-order valence-corrected chi connectivity index (χ0v) is 11.6. The molecular formula is C15H11ClF2N2O. The van der Waals surface area contributed by atoms with Crippen molar-refractivity contribution in [1.82, 2.24) is 0 Å². The van der Waals surface area contributed by atoms with Gasteiger partial charge in [-0.3, -0.25) is 4.79 Å². The molecule has 3 nitrogen and oxygen atoms in total. The zero-order chi connectivity index (χ0) is 15.1. The average Bonchev–Trinajstić information content (AvgIpc) is 2.85. The second-order valence-electron chi connectivity index (χ2n) is 4.84. The maximum absolute atomic E-state index is 13.9. The summed E-state index contributed by atoms with van der Waals surface area (Å²) in [5.41, 5.74) is 7.47. The zero-order valence-electron chi connectivity index (χ0n) is 10.9. The van der Waals surface area contributed by atoms with E-state index in [4.69, 9.17) is 17.3 Å². The number of hydrogen-bond donors (Lipinski definition) is 1. The molecule has 0 bridgehead atoms. The van der Waals surface area contributed by atoms with Crippen LogP contribution in [0.25, 0.3) is 0 Å². The molecular weight excluding hydrogens is 298 g/mol. The van der Waals surface area contributed by atoms with Gasteiger partial charge in [0.25, 0.3) is 5.91 Å². The minimum atomic E-state index is -0.844. The first-order valence-electron chi connectivity index (χ1n) is 6.32. The predicted molar refractivity (Wildman–Crippen MR) is 77.6 cm³/mol. The Morgan fingerprint density at radius 3 is 2.71 bits per heavy atom. The standard InChI is InChI=1S/C15H11ClF2N2O/c16-11-7-12(17)10(6-13(11)18)15(21)20-4-3-8-1-2-9(19)5-14(8)20/h1-2,5-7H,3-4,19H2. The van der Waals surface area contributed by atoms with E-state index in [-0.39, 0.29) is 10.6 Å². The molecule has 1 heterocycles. The third-order valence-corrected chi connectivity index (χ3v) is 3.78. The molecule has 1 aliphatic rings. The summed E-state index contributed by atoms with van der Waals surface area (Å²) in [6.45, 7) is 0.404. The number of hydrogen-bond acceptors (Lipinski definition) is 2. The van der Waals surface area contributed by atoms with Crippen molar-refractivity contribution in [3.8, 4) is 0 Å². The van der Waals surface area contributed by atoms with Gasteiger partial charge in [-0.25, -0.2) is 8.78 Å². The van der Waals surface area contributed by atoms with Crippen molar-refractivity contribution in [2.45, 2.75) is 6.42 Å². The van der Waals surface area contributed by atoms with Crippen LogP contribution in [0.1, 0.15) is 15.9 Å². The third kappa shape index (κ3) is 2.34. The van der Waals surface area contributed by atoms with Gasteiger partial charge >= 0.3 is 0 Å². The maximum Gasteiger partial charge on any atom is 0.261 e. The van der Waals surface area contributed by atoms with Crippen LogP contribution < -0.4 is 10.6 Å². The number of carbonyl (C=O) groups is 1. The number of rotatable bonds is 1. The molecule has 0 fully saturated rings. The van der Waals surface area contributed by atoms with Crippen LogP contribution in [0.15, 0.2) is 30.3 Å². The van der Waals surface area contributed by atoms with Crippen LogP contribution in [0.5, 0.6) is 0 Å². The summed E-state index contributed by atoms with van der Waals surface area (Å²) in [4.78, 5) is 13.8. The number of anilines is 2. The fourth-order valence-electron chi connectivity index (χ4n) is 2.44. The molecule has 0 saturated carbocycles. The summed E-state index contributed by atoms with van der Waals surface area (Å²) >= 11 is 5.50. The molecule has 6 heteroatoms. The number of benzene rings is 2.